The van der Waals surface area contributed by atoms with Crippen LogP contribution in [0.2, 0.25) is 0 Å². The molecule has 2 atom stereocenters. The molecule has 2 rings (SSSR count). The van der Waals surface area contributed by atoms with Crippen molar-refractivity contribution in [2.45, 2.75) is 97.1 Å². The van der Waals surface area contributed by atoms with Gasteiger partial charge in [0.2, 0.25) is 0 Å². The number of hydrogen-bond acceptors (Lipinski definition) is 5. The van der Waals surface area contributed by atoms with E-state index in [1.807, 2.05) is 13.0 Å². The lowest BCUT2D eigenvalue weighted by Gasteiger charge is -2.25. The topological polar surface area (TPSA) is 77.0 Å². The van der Waals surface area contributed by atoms with Gasteiger partial charge in [-0.25, -0.2) is 4.79 Å². The summed E-state index contributed by atoms with van der Waals surface area (Å²) in [5, 5.41) is 12.9. The lowest BCUT2D eigenvalue weighted by atomic mass is 9.98. The molecule has 218 valence electrons. The number of aliphatic carboxylic acids is 1. The number of anilines is 1. The van der Waals surface area contributed by atoms with E-state index in [4.69, 9.17) is 19.3 Å². The van der Waals surface area contributed by atoms with Gasteiger partial charge in [-0.3, -0.25) is 0 Å². The van der Waals surface area contributed by atoms with Crippen molar-refractivity contribution >= 4 is 11.7 Å². The molecule has 2 unspecified atom stereocenters. The van der Waals surface area contributed by atoms with Gasteiger partial charge in [0.1, 0.15) is 6.61 Å². The molecule has 0 aliphatic rings. The maximum absolute atomic E-state index is 11.0. The van der Waals surface area contributed by atoms with Gasteiger partial charge >= 0.3 is 5.97 Å². The molecular formula is C33H51NO5. The second-order valence-electron chi connectivity index (χ2n) is 10.2. The second kappa shape index (κ2) is 20.5. The summed E-state index contributed by atoms with van der Waals surface area (Å²) in [6, 6.07) is 17.5. The van der Waals surface area contributed by atoms with E-state index in [2.05, 4.69) is 61.6 Å². The van der Waals surface area contributed by atoms with Crippen LogP contribution in [0.25, 0.3) is 11.1 Å². The van der Waals surface area contributed by atoms with E-state index >= 15 is 0 Å². The van der Waals surface area contributed by atoms with Crippen LogP contribution < -0.4 is 5.32 Å². The number of rotatable bonds is 23. The first-order chi connectivity index (χ1) is 19.1. The Balaban J connectivity index is 2.05. The molecule has 0 aliphatic heterocycles. The number of hydrogen-bond donors (Lipinski definition) is 2. The third-order valence-corrected chi connectivity index (χ3v) is 6.90. The SMILES string of the molecule is CCCC(CCC(CCC)OCC(=O)O)Nc1cc(-c2ccccc2)ccc1CCOCCCCCOCC. The molecule has 39 heavy (non-hydrogen) atoms. The number of benzene rings is 2. The fourth-order valence-corrected chi connectivity index (χ4v) is 4.82. The van der Waals surface area contributed by atoms with E-state index < -0.39 is 5.97 Å². The number of ether oxygens (including phenoxy) is 3. The van der Waals surface area contributed by atoms with E-state index in [0.29, 0.717) is 12.6 Å². The highest BCUT2D eigenvalue weighted by atomic mass is 16.5. The van der Waals surface area contributed by atoms with Crippen LogP contribution in [0.5, 0.6) is 0 Å². The van der Waals surface area contributed by atoms with Crippen LogP contribution in [0.15, 0.2) is 48.5 Å². The predicted octanol–water partition coefficient (Wildman–Crippen LogP) is 7.75. The molecule has 0 spiro atoms. The van der Waals surface area contributed by atoms with E-state index in [1.54, 1.807) is 0 Å². The smallest absolute Gasteiger partial charge is 0.329 e. The number of carboxylic acid groups (broad SMARTS) is 1. The Labute approximate surface area is 236 Å². The van der Waals surface area contributed by atoms with Gasteiger partial charge in [-0.05, 0) is 81.0 Å². The van der Waals surface area contributed by atoms with Gasteiger partial charge in [0.25, 0.3) is 0 Å². The van der Waals surface area contributed by atoms with Crippen LogP contribution in [0.4, 0.5) is 5.69 Å². The minimum absolute atomic E-state index is 0.0238. The Morgan fingerprint density at radius 2 is 1.56 bits per heavy atom. The molecular weight excluding hydrogens is 490 g/mol. The first kappa shape index (κ1) is 32.8. The van der Waals surface area contributed by atoms with Crippen molar-refractivity contribution < 1.29 is 24.1 Å². The molecule has 0 aromatic heterocycles. The minimum atomic E-state index is -0.908. The molecule has 0 heterocycles. The van der Waals surface area contributed by atoms with E-state index in [-0.39, 0.29) is 12.7 Å². The van der Waals surface area contributed by atoms with Gasteiger partial charge in [0.05, 0.1) is 12.7 Å². The Bertz CT molecular complexity index is 904. The molecule has 2 aromatic carbocycles. The van der Waals surface area contributed by atoms with Crippen LogP contribution in [0.3, 0.4) is 0 Å². The fourth-order valence-electron chi connectivity index (χ4n) is 4.82. The standard InChI is InChI=1S/C33H51NO5/c1-4-13-30(19-20-31(14-5-2)39-26-33(35)36)34-32-25-29(27-15-9-7-10-16-27)18-17-28(32)21-24-38-23-12-8-11-22-37-6-3/h7,9-10,15-18,25,30-31,34H,4-6,8,11-14,19-24,26H2,1-3H3,(H,35,36). The van der Waals surface area contributed by atoms with Gasteiger partial charge in [0, 0.05) is 31.5 Å². The molecule has 0 fully saturated rings. The number of carboxylic acids is 1. The minimum Gasteiger partial charge on any atom is -0.480 e. The van der Waals surface area contributed by atoms with Crippen molar-refractivity contribution in [1.82, 2.24) is 0 Å². The number of unbranched alkanes of at least 4 members (excludes halogenated alkanes) is 2. The normalized spacial score (nSPS) is 12.8. The molecule has 0 bridgehead atoms. The Morgan fingerprint density at radius 3 is 2.26 bits per heavy atom. The second-order valence-corrected chi connectivity index (χ2v) is 10.2. The van der Waals surface area contributed by atoms with E-state index in [0.717, 1.165) is 89.7 Å². The van der Waals surface area contributed by atoms with E-state index in [9.17, 15) is 4.79 Å². The highest BCUT2D eigenvalue weighted by Gasteiger charge is 2.16. The molecule has 6 nitrogen and oxygen atoms in total. The molecule has 0 saturated heterocycles. The van der Waals surface area contributed by atoms with Crippen molar-refractivity contribution in [1.29, 1.82) is 0 Å². The first-order valence-electron chi connectivity index (χ1n) is 15.0. The van der Waals surface area contributed by atoms with Crippen LogP contribution in [0.1, 0.15) is 84.1 Å². The Kier molecular flexibility index (Phi) is 17.2. The lowest BCUT2D eigenvalue weighted by molar-refractivity contribution is -0.144. The summed E-state index contributed by atoms with van der Waals surface area (Å²) < 4.78 is 17.1. The zero-order valence-electron chi connectivity index (χ0n) is 24.5. The number of carbonyl (C=O) groups is 1. The average Bonchev–Trinajstić information content (AvgIpc) is 2.94. The molecule has 0 aliphatic carbocycles. The maximum Gasteiger partial charge on any atom is 0.329 e. The summed E-state index contributed by atoms with van der Waals surface area (Å²) in [5.41, 5.74) is 4.82. The summed E-state index contributed by atoms with van der Waals surface area (Å²) in [6.45, 7) is 9.23. The maximum atomic E-state index is 11.0. The van der Waals surface area contributed by atoms with Crippen molar-refractivity contribution in [2.75, 3.05) is 38.4 Å². The van der Waals surface area contributed by atoms with Crippen LogP contribution >= 0.6 is 0 Å². The molecule has 6 heteroatoms. The zero-order valence-corrected chi connectivity index (χ0v) is 24.5. The molecule has 0 saturated carbocycles. The van der Waals surface area contributed by atoms with Crippen molar-refractivity contribution in [3.8, 4) is 11.1 Å². The summed E-state index contributed by atoms with van der Waals surface area (Å²) in [6.07, 6.45) is 9.88. The lowest BCUT2D eigenvalue weighted by Crippen LogP contribution is -2.25. The monoisotopic (exact) mass is 541 g/mol. The van der Waals surface area contributed by atoms with Crippen LogP contribution in [-0.2, 0) is 25.4 Å². The summed E-state index contributed by atoms with van der Waals surface area (Å²) in [7, 11) is 0. The molecule has 0 amide bonds. The third kappa shape index (κ3) is 14.0. The third-order valence-electron chi connectivity index (χ3n) is 6.90. The predicted molar refractivity (Wildman–Crippen MR) is 161 cm³/mol. The van der Waals surface area contributed by atoms with Gasteiger partial charge in [-0.15, -0.1) is 0 Å². The summed E-state index contributed by atoms with van der Waals surface area (Å²) in [4.78, 5) is 11.0. The van der Waals surface area contributed by atoms with Gasteiger partial charge < -0.3 is 24.6 Å². The number of nitrogens with one attached hydrogen (secondary N) is 1. The van der Waals surface area contributed by atoms with Crippen molar-refractivity contribution in [3.63, 3.8) is 0 Å². The highest BCUT2D eigenvalue weighted by Crippen LogP contribution is 2.28. The summed E-state index contributed by atoms with van der Waals surface area (Å²) >= 11 is 0. The summed E-state index contributed by atoms with van der Waals surface area (Å²) in [5.74, 6) is -0.908. The zero-order chi connectivity index (χ0) is 28.1. The van der Waals surface area contributed by atoms with E-state index in [1.165, 1.54) is 16.7 Å². The first-order valence-corrected chi connectivity index (χ1v) is 15.0. The van der Waals surface area contributed by atoms with Gasteiger partial charge in [-0.1, -0.05) is 69.2 Å². The largest absolute Gasteiger partial charge is 0.480 e. The highest BCUT2D eigenvalue weighted by molar-refractivity contribution is 5.70. The molecule has 2 N–H and O–H groups in total. The fraction of sp³-hybridized carbons (Fsp3) is 0.606. The quantitative estimate of drug-likeness (QED) is 0.140. The molecule has 2 aromatic rings. The van der Waals surface area contributed by atoms with Crippen LogP contribution in [-0.4, -0.2) is 56.3 Å². The van der Waals surface area contributed by atoms with Crippen LogP contribution in [0, 0.1) is 0 Å². The Morgan fingerprint density at radius 1 is 0.821 bits per heavy atom. The van der Waals surface area contributed by atoms with Gasteiger partial charge in [-0.2, -0.15) is 0 Å². The average molecular weight is 542 g/mol. The van der Waals surface area contributed by atoms with Gasteiger partial charge in [0.15, 0.2) is 0 Å². The Hall–Kier alpha value is -2.41. The van der Waals surface area contributed by atoms with Crippen molar-refractivity contribution in [3.05, 3.63) is 54.1 Å². The molecule has 0 radical (unpaired) electrons. The van der Waals surface area contributed by atoms with Crippen molar-refractivity contribution in [2.24, 2.45) is 0 Å².